The van der Waals surface area contributed by atoms with E-state index in [1.165, 1.54) is 12.8 Å². The summed E-state index contributed by atoms with van der Waals surface area (Å²) in [6, 6.07) is 0.571. The van der Waals surface area contributed by atoms with Crippen molar-refractivity contribution in [2.45, 2.75) is 39.0 Å². The Kier molecular flexibility index (Phi) is 4.01. The third-order valence-electron chi connectivity index (χ3n) is 3.45. The van der Waals surface area contributed by atoms with E-state index in [1.54, 1.807) is 18.4 Å². The Hall–Kier alpha value is -0.650. The first-order valence-electron chi connectivity index (χ1n) is 6.07. The monoisotopic (exact) mass is 255 g/mol. The van der Waals surface area contributed by atoms with Crippen LogP contribution in [0.3, 0.4) is 0 Å². The van der Waals surface area contributed by atoms with Crippen molar-refractivity contribution in [1.82, 2.24) is 4.98 Å². The Morgan fingerprint density at radius 1 is 1.59 bits per heavy atom. The Balaban J connectivity index is 2.13. The van der Waals surface area contributed by atoms with Gasteiger partial charge >= 0.3 is 0 Å². The first-order valence-corrected chi connectivity index (χ1v) is 6.89. The van der Waals surface area contributed by atoms with E-state index in [0.717, 1.165) is 21.6 Å². The van der Waals surface area contributed by atoms with E-state index in [0.29, 0.717) is 19.2 Å². The molecule has 0 bridgehead atoms. The van der Waals surface area contributed by atoms with Crippen LogP contribution in [0.15, 0.2) is 0 Å². The van der Waals surface area contributed by atoms with Gasteiger partial charge in [-0.15, -0.1) is 11.3 Å². The van der Waals surface area contributed by atoms with Crippen molar-refractivity contribution in [3.05, 3.63) is 10.6 Å². The second kappa shape index (κ2) is 5.33. The minimum absolute atomic E-state index is 0.544. The molecule has 1 unspecified atom stereocenters. The fraction of sp³-hybridized carbons (Fsp3) is 0.750. The van der Waals surface area contributed by atoms with Crippen LogP contribution in [0.5, 0.6) is 0 Å². The molecule has 4 nitrogen and oxygen atoms in total. The smallest absolute Gasteiger partial charge is 0.185 e. The molecular formula is C12H21N3OS. The van der Waals surface area contributed by atoms with Gasteiger partial charge < -0.3 is 15.4 Å². The summed E-state index contributed by atoms with van der Waals surface area (Å²) in [5, 5.41) is 1.07. The summed E-state index contributed by atoms with van der Waals surface area (Å²) in [5.74, 6) is 0.844. The Morgan fingerprint density at radius 3 is 2.82 bits per heavy atom. The lowest BCUT2D eigenvalue weighted by molar-refractivity contribution is 0.181. The summed E-state index contributed by atoms with van der Waals surface area (Å²) in [6.07, 6.45) is 2.71. The van der Waals surface area contributed by atoms with Gasteiger partial charge in [0, 0.05) is 31.6 Å². The lowest BCUT2D eigenvalue weighted by atomic mass is 10.2. The Labute approximate surface area is 107 Å². The number of thiazole rings is 1. The zero-order valence-electron chi connectivity index (χ0n) is 10.8. The van der Waals surface area contributed by atoms with Gasteiger partial charge in [0.1, 0.15) is 0 Å². The lowest BCUT2D eigenvalue weighted by Gasteiger charge is -2.23. The van der Waals surface area contributed by atoms with Crippen molar-refractivity contribution < 1.29 is 4.74 Å². The summed E-state index contributed by atoms with van der Waals surface area (Å²) in [7, 11) is 3.81. The van der Waals surface area contributed by atoms with E-state index in [2.05, 4.69) is 23.9 Å². The van der Waals surface area contributed by atoms with Gasteiger partial charge in [-0.2, -0.15) is 0 Å². The predicted octanol–water partition coefficient (Wildman–Crippen LogP) is 1.98. The van der Waals surface area contributed by atoms with Crippen molar-refractivity contribution in [1.29, 1.82) is 0 Å². The van der Waals surface area contributed by atoms with Crippen LogP contribution in [0.1, 0.15) is 30.3 Å². The second-order valence-corrected chi connectivity index (χ2v) is 5.75. The summed E-state index contributed by atoms with van der Waals surface area (Å²) in [4.78, 5) is 8.06. The third kappa shape index (κ3) is 2.78. The highest BCUT2D eigenvalue weighted by molar-refractivity contribution is 7.15. The number of hydrogen-bond acceptors (Lipinski definition) is 5. The summed E-state index contributed by atoms with van der Waals surface area (Å²) in [6.45, 7) is 3.37. The summed E-state index contributed by atoms with van der Waals surface area (Å²) in [5.41, 5.74) is 6.73. The highest BCUT2D eigenvalue weighted by Gasteiger charge is 2.31. The van der Waals surface area contributed by atoms with E-state index < -0.39 is 0 Å². The SMILES string of the molecule is COCc1nc(N(C)C(C)C2CC2)sc1CN. The van der Waals surface area contributed by atoms with E-state index in [-0.39, 0.29) is 0 Å². The molecule has 0 amide bonds. The Morgan fingerprint density at radius 2 is 2.29 bits per heavy atom. The van der Waals surface area contributed by atoms with Gasteiger partial charge in [-0.25, -0.2) is 4.98 Å². The fourth-order valence-corrected chi connectivity index (χ4v) is 2.99. The largest absolute Gasteiger partial charge is 0.378 e. The topological polar surface area (TPSA) is 51.4 Å². The quantitative estimate of drug-likeness (QED) is 0.844. The maximum atomic E-state index is 5.74. The molecule has 0 aromatic carbocycles. The van der Waals surface area contributed by atoms with Gasteiger partial charge in [-0.05, 0) is 25.7 Å². The minimum atomic E-state index is 0.544. The first kappa shape index (κ1) is 12.8. The maximum Gasteiger partial charge on any atom is 0.185 e. The highest BCUT2D eigenvalue weighted by Crippen LogP contribution is 2.37. The zero-order valence-corrected chi connectivity index (χ0v) is 11.6. The van der Waals surface area contributed by atoms with Gasteiger partial charge in [0.15, 0.2) is 5.13 Å². The molecule has 0 aliphatic heterocycles. The van der Waals surface area contributed by atoms with Crippen LogP contribution in [-0.2, 0) is 17.9 Å². The average molecular weight is 255 g/mol. The van der Waals surface area contributed by atoms with E-state index in [1.807, 2.05) is 0 Å². The number of aromatic nitrogens is 1. The molecule has 1 aromatic rings. The van der Waals surface area contributed by atoms with Crippen LogP contribution in [-0.4, -0.2) is 25.2 Å². The lowest BCUT2D eigenvalue weighted by Crippen LogP contribution is -2.30. The number of anilines is 1. The molecule has 1 saturated carbocycles. The molecule has 17 heavy (non-hydrogen) atoms. The molecule has 0 spiro atoms. The van der Waals surface area contributed by atoms with Crippen molar-refractivity contribution in [2.24, 2.45) is 11.7 Å². The summed E-state index contributed by atoms with van der Waals surface area (Å²) >= 11 is 1.69. The maximum absolute atomic E-state index is 5.74. The molecule has 5 heteroatoms. The van der Waals surface area contributed by atoms with Crippen molar-refractivity contribution in [3.63, 3.8) is 0 Å². The Bertz CT molecular complexity index is 376. The van der Waals surface area contributed by atoms with Gasteiger partial charge in [0.05, 0.1) is 12.3 Å². The van der Waals surface area contributed by atoms with Crippen LogP contribution >= 0.6 is 11.3 Å². The van der Waals surface area contributed by atoms with Crippen LogP contribution < -0.4 is 10.6 Å². The van der Waals surface area contributed by atoms with Crippen LogP contribution in [0.25, 0.3) is 0 Å². The number of ether oxygens (including phenoxy) is 1. The fourth-order valence-electron chi connectivity index (χ4n) is 2.00. The van der Waals surface area contributed by atoms with Gasteiger partial charge in [0.25, 0.3) is 0 Å². The van der Waals surface area contributed by atoms with E-state index >= 15 is 0 Å². The molecule has 2 rings (SSSR count). The molecule has 96 valence electrons. The van der Waals surface area contributed by atoms with Crippen LogP contribution in [0, 0.1) is 5.92 Å². The average Bonchev–Trinajstić information content (AvgIpc) is 3.10. The van der Waals surface area contributed by atoms with E-state index in [4.69, 9.17) is 10.5 Å². The third-order valence-corrected chi connectivity index (χ3v) is 4.66. The number of nitrogens with zero attached hydrogens (tertiary/aromatic N) is 2. The normalized spacial score (nSPS) is 17.2. The molecule has 1 atom stereocenters. The van der Waals surface area contributed by atoms with Crippen LogP contribution in [0.2, 0.25) is 0 Å². The molecule has 1 aromatic heterocycles. The second-order valence-electron chi connectivity index (χ2n) is 4.69. The van der Waals surface area contributed by atoms with Crippen molar-refractivity contribution >= 4 is 16.5 Å². The van der Waals surface area contributed by atoms with Gasteiger partial charge in [-0.3, -0.25) is 0 Å². The first-order chi connectivity index (χ1) is 8.17. The van der Waals surface area contributed by atoms with Crippen LogP contribution in [0.4, 0.5) is 5.13 Å². The molecule has 1 aliphatic rings. The number of rotatable bonds is 6. The minimum Gasteiger partial charge on any atom is -0.378 e. The van der Waals surface area contributed by atoms with Gasteiger partial charge in [-0.1, -0.05) is 0 Å². The highest BCUT2D eigenvalue weighted by atomic mass is 32.1. The molecule has 0 saturated heterocycles. The summed E-state index contributed by atoms with van der Waals surface area (Å²) < 4.78 is 5.15. The number of nitrogens with two attached hydrogens (primary N) is 1. The molecule has 0 radical (unpaired) electrons. The molecule has 2 N–H and O–H groups in total. The molecule has 1 aliphatic carbocycles. The van der Waals surface area contributed by atoms with E-state index in [9.17, 15) is 0 Å². The van der Waals surface area contributed by atoms with Gasteiger partial charge in [0.2, 0.25) is 0 Å². The molecule has 1 heterocycles. The number of methoxy groups -OCH3 is 1. The van der Waals surface area contributed by atoms with Crippen molar-refractivity contribution in [3.8, 4) is 0 Å². The van der Waals surface area contributed by atoms with Crippen molar-refractivity contribution in [2.75, 3.05) is 19.1 Å². The predicted molar refractivity (Wildman–Crippen MR) is 71.3 cm³/mol. The molecular weight excluding hydrogens is 234 g/mol. The zero-order chi connectivity index (χ0) is 12.4. The molecule has 1 fully saturated rings. The standard InChI is InChI=1S/C12H21N3OS/c1-8(9-4-5-9)15(2)12-14-10(7-16-3)11(6-13)17-12/h8-9H,4-7,13H2,1-3H3. The number of hydrogen-bond donors (Lipinski definition) is 1.